The van der Waals surface area contributed by atoms with Crippen molar-refractivity contribution in [3.8, 4) is 0 Å². The smallest absolute Gasteiger partial charge is 0.389 e. The second kappa shape index (κ2) is 8.11. The van der Waals surface area contributed by atoms with Crippen LogP contribution in [0.15, 0.2) is 29.5 Å². The highest BCUT2D eigenvalue weighted by Crippen LogP contribution is 2.30. The molecule has 5 nitrogen and oxygen atoms in total. The molecule has 0 radical (unpaired) electrons. The number of amidine groups is 1. The summed E-state index contributed by atoms with van der Waals surface area (Å²) in [6, 6.07) is 0. The molecule has 2 heterocycles. The predicted molar refractivity (Wildman–Crippen MR) is 87.3 cm³/mol. The van der Waals surface area contributed by atoms with Crippen molar-refractivity contribution in [1.82, 2.24) is 14.7 Å². The number of aliphatic hydroxyl groups is 1. The summed E-state index contributed by atoms with van der Waals surface area (Å²) in [4.78, 5) is 10.00. The predicted octanol–water partition coefficient (Wildman–Crippen LogP) is 2.55. The lowest BCUT2D eigenvalue weighted by Crippen LogP contribution is -2.46. The Labute approximate surface area is 144 Å². The largest absolute Gasteiger partial charge is 0.396 e. The van der Waals surface area contributed by atoms with Crippen LogP contribution in [-0.2, 0) is 0 Å². The average molecular weight is 367 g/mol. The molecule has 136 valence electrons. The van der Waals surface area contributed by atoms with Crippen molar-refractivity contribution in [1.29, 1.82) is 0 Å². The lowest BCUT2D eigenvalue weighted by Gasteiger charge is -2.37. The molecule has 24 heavy (non-hydrogen) atoms. The molecule has 9 heteroatoms. The molecule has 2 aliphatic rings. The van der Waals surface area contributed by atoms with Gasteiger partial charge in [0.05, 0.1) is 12.4 Å². The van der Waals surface area contributed by atoms with Crippen molar-refractivity contribution in [3.63, 3.8) is 0 Å². The first-order valence-corrected chi connectivity index (χ1v) is 8.27. The third-order valence-electron chi connectivity index (χ3n) is 3.80. The third kappa shape index (κ3) is 4.80. The van der Waals surface area contributed by atoms with Crippen molar-refractivity contribution in [3.05, 3.63) is 24.6 Å². The molecule has 0 saturated carbocycles. The number of hydrogen-bond donors (Lipinski definition) is 1. The normalized spacial score (nSPS) is 20.9. The third-order valence-corrected chi connectivity index (χ3v) is 4.13. The molecule has 0 aromatic rings. The van der Waals surface area contributed by atoms with Crippen LogP contribution in [0.5, 0.6) is 0 Å². The van der Waals surface area contributed by atoms with E-state index in [0.29, 0.717) is 32.0 Å². The van der Waals surface area contributed by atoms with Crippen molar-refractivity contribution >= 4 is 17.4 Å². The van der Waals surface area contributed by atoms with Gasteiger partial charge < -0.3 is 19.8 Å². The molecule has 2 rings (SSSR count). The van der Waals surface area contributed by atoms with Gasteiger partial charge in [-0.25, -0.2) is 4.99 Å². The van der Waals surface area contributed by atoms with Gasteiger partial charge >= 0.3 is 6.18 Å². The molecule has 1 unspecified atom stereocenters. The van der Waals surface area contributed by atoms with Crippen LogP contribution in [0.25, 0.3) is 0 Å². The van der Waals surface area contributed by atoms with Crippen molar-refractivity contribution < 1.29 is 18.3 Å². The van der Waals surface area contributed by atoms with E-state index in [2.05, 4.69) is 11.6 Å². The van der Waals surface area contributed by atoms with Crippen LogP contribution in [0.1, 0.15) is 19.3 Å². The maximum absolute atomic E-state index is 12.4. The van der Waals surface area contributed by atoms with E-state index < -0.39 is 18.2 Å². The van der Waals surface area contributed by atoms with Gasteiger partial charge in [0.15, 0.2) is 5.84 Å². The van der Waals surface area contributed by atoms with E-state index in [0.717, 1.165) is 5.70 Å². The molecule has 0 saturated heterocycles. The number of alkyl halides is 4. The van der Waals surface area contributed by atoms with E-state index in [-0.39, 0.29) is 19.6 Å². The number of halogens is 4. The van der Waals surface area contributed by atoms with Gasteiger partial charge in [-0.15, -0.1) is 6.58 Å². The lowest BCUT2D eigenvalue weighted by molar-refractivity contribution is -0.135. The quantitative estimate of drug-likeness (QED) is 0.407. The average Bonchev–Trinajstić information content (AvgIpc) is 2.81. The number of aliphatic hydroxyl groups excluding tert-OH is 1. The summed E-state index contributed by atoms with van der Waals surface area (Å²) < 4.78 is 37.2. The van der Waals surface area contributed by atoms with Gasteiger partial charge in [0.2, 0.25) is 5.62 Å². The molecule has 0 fully saturated rings. The molecule has 0 amide bonds. The Morgan fingerprint density at radius 3 is 2.75 bits per heavy atom. The zero-order chi connectivity index (χ0) is 17.7. The van der Waals surface area contributed by atoms with Gasteiger partial charge in [0.25, 0.3) is 0 Å². The summed E-state index contributed by atoms with van der Waals surface area (Å²) in [5, 5.41) is 9.00. The topological polar surface area (TPSA) is 42.3 Å². The van der Waals surface area contributed by atoms with E-state index in [1.807, 2.05) is 20.9 Å². The maximum Gasteiger partial charge on any atom is 0.389 e. The van der Waals surface area contributed by atoms with E-state index >= 15 is 0 Å². The van der Waals surface area contributed by atoms with Crippen LogP contribution in [0.4, 0.5) is 13.2 Å². The maximum atomic E-state index is 12.4. The Kier molecular flexibility index (Phi) is 6.40. The molecule has 0 aliphatic carbocycles. The monoisotopic (exact) mass is 366 g/mol. The first-order chi connectivity index (χ1) is 11.4. The Hall–Kier alpha value is -1.41. The second-order valence-corrected chi connectivity index (χ2v) is 6.12. The van der Waals surface area contributed by atoms with Gasteiger partial charge in [0.1, 0.15) is 0 Å². The van der Waals surface area contributed by atoms with E-state index in [1.165, 1.54) is 0 Å². The summed E-state index contributed by atoms with van der Waals surface area (Å²) in [6.45, 7) is 5.54. The number of nitrogens with zero attached hydrogens (tertiary/aromatic N) is 4. The van der Waals surface area contributed by atoms with E-state index in [1.54, 1.807) is 6.08 Å². The molecule has 1 atom stereocenters. The number of rotatable bonds is 8. The summed E-state index contributed by atoms with van der Waals surface area (Å²) in [5.74, 6) is 0.624. The van der Waals surface area contributed by atoms with Gasteiger partial charge in [-0.3, -0.25) is 0 Å². The Bertz CT molecular complexity index is 509. The van der Waals surface area contributed by atoms with Crippen LogP contribution >= 0.6 is 11.6 Å². The molecular formula is C15H22ClF3N4O. The highest BCUT2D eigenvalue weighted by atomic mass is 35.5. The minimum absolute atomic E-state index is 0.00193. The SMILES string of the molecule is C=CCN1C2=CN(CCCO)CN(CCCC(F)(F)F)C2=NC1Cl. The van der Waals surface area contributed by atoms with E-state index in [9.17, 15) is 13.2 Å². The fraction of sp³-hybridized carbons (Fsp3) is 0.667. The lowest BCUT2D eigenvalue weighted by atomic mass is 10.2. The van der Waals surface area contributed by atoms with Crippen LogP contribution < -0.4 is 0 Å². The van der Waals surface area contributed by atoms with Gasteiger partial charge in [-0.05, 0) is 12.8 Å². The molecule has 0 spiro atoms. The molecule has 0 aromatic heterocycles. The van der Waals surface area contributed by atoms with Crippen molar-refractivity contribution in [2.75, 3.05) is 32.9 Å². The highest BCUT2D eigenvalue weighted by Gasteiger charge is 2.36. The first-order valence-electron chi connectivity index (χ1n) is 7.84. The number of hydrogen-bond acceptors (Lipinski definition) is 5. The number of fused-ring (bicyclic) bond motifs is 1. The van der Waals surface area contributed by atoms with Crippen molar-refractivity contribution in [2.45, 2.75) is 31.1 Å². The Morgan fingerprint density at radius 1 is 1.38 bits per heavy atom. The molecule has 1 N–H and O–H groups in total. The summed E-state index contributed by atoms with van der Waals surface area (Å²) in [6.07, 6.45) is -0.800. The second-order valence-electron chi connectivity index (χ2n) is 5.73. The van der Waals surface area contributed by atoms with Gasteiger partial charge in [-0.1, -0.05) is 17.7 Å². The molecule has 0 aromatic carbocycles. The summed E-state index contributed by atoms with van der Waals surface area (Å²) >= 11 is 6.24. The Morgan fingerprint density at radius 2 is 2.12 bits per heavy atom. The molecule has 0 bridgehead atoms. The van der Waals surface area contributed by atoms with Gasteiger partial charge in [0, 0.05) is 38.9 Å². The first kappa shape index (κ1) is 18.9. The summed E-state index contributed by atoms with van der Waals surface area (Å²) in [5.41, 5.74) is 0.193. The zero-order valence-electron chi connectivity index (χ0n) is 13.3. The Balaban J connectivity index is 2.12. The van der Waals surface area contributed by atoms with Crippen LogP contribution in [0, 0.1) is 0 Å². The van der Waals surface area contributed by atoms with Crippen LogP contribution in [0.2, 0.25) is 0 Å². The van der Waals surface area contributed by atoms with Crippen LogP contribution in [-0.4, -0.2) is 70.4 Å². The standard InChI is InChI=1S/C15H22ClF3N4O/c1-2-6-23-12-10-21(7-4-9-24)11-22(13(12)20-14(23)16)8-3-5-15(17,18)19/h2,10,14,24H,1,3-9,11H2. The molecular weight excluding hydrogens is 345 g/mol. The summed E-state index contributed by atoms with van der Waals surface area (Å²) in [7, 11) is 0. The minimum Gasteiger partial charge on any atom is -0.396 e. The highest BCUT2D eigenvalue weighted by molar-refractivity contribution is 6.22. The van der Waals surface area contributed by atoms with Gasteiger partial charge in [-0.2, -0.15) is 13.2 Å². The minimum atomic E-state index is -4.16. The number of aliphatic imine (C=N–C) groups is 1. The fourth-order valence-electron chi connectivity index (χ4n) is 2.74. The van der Waals surface area contributed by atoms with Crippen molar-refractivity contribution in [2.24, 2.45) is 4.99 Å². The fourth-order valence-corrected chi connectivity index (χ4v) is 3.01. The zero-order valence-corrected chi connectivity index (χ0v) is 14.1. The van der Waals surface area contributed by atoms with E-state index in [4.69, 9.17) is 16.7 Å². The van der Waals surface area contributed by atoms with Crippen LogP contribution in [0.3, 0.4) is 0 Å². The molecule has 2 aliphatic heterocycles.